The first-order valence-corrected chi connectivity index (χ1v) is 2.51. The molecule has 0 spiro atoms. The molecule has 0 heterocycles. The van der Waals surface area contributed by atoms with Gasteiger partial charge in [-0.2, -0.15) is 0 Å². The molecule has 0 aromatic carbocycles. The van der Waals surface area contributed by atoms with E-state index in [-0.39, 0.29) is 12.3 Å². The zero-order chi connectivity index (χ0) is 6.57. The van der Waals surface area contributed by atoms with Crippen LogP contribution in [0.3, 0.4) is 0 Å². The summed E-state index contributed by atoms with van der Waals surface area (Å²) >= 11 is 0. The number of rotatable bonds is 3. The van der Waals surface area contributed by atoms with E-state index in [4.69, 9.17) is 5.11 Å². The van der Waals surface area contributed by atoms with Gasteiger partial charge in [0.05, 0.1) is 6.42 Å². The molecule has 0 aliphatic carbocycles. The SMILES string of the molecule is C=CC(C)CC(=O)O. The summed E-state index contributed by atoms with van der Waals surface area (Å²) in [5, 5.41) is 8.17. The van der Waals surface area contributed by atoms with Crippen LogP contribution in [-0.4, -0.2) is 11.1 Å². The highest BCUT2D eigenvalue weighted by molar-refractivity contribution is 5.67. The number of carboxylic acid groups (broad SMARTS) is 1. The third-order valence-corrected chi connectivity index (χ3v) is 0.899. The molecule has 1 atom stereocenters. The minimum Gasteiger partial charge on any atom is -0.481 e. The van der Waals surface area contributed by atoms with Crippen molar-refractivity contribution in [2.75, 3.05) is 0 Å². The van der Waals surface area contributed by atoms with E-state index in [2.05, 4.69) is 6.58 Å². The van der Waals surface area contributed by atoms with Crippen molar-refractivity contribution in [3.05, 3.63) is 12.7 Å². The standard InChI is InChI=1S/C6H10O2/c1-3-5(2)4-6(7)8/h3,5H,1,4H2,2H3,(H,7,8). The Morgan fingerprint density at radius 1 is 2.00 bits per heavy atom. The molecule has 0 aromatic rings. The van der Waals surface area contributed by atoms with E-state index in [0.29, 0.717) is 0 Å². The maximum Gasteiger partial charge on any atom is 0.303 e. The molecule has 0 radical (unpaired) electrons. The van der Waals surface area contributed by atoms with Crippen molar-refractivity contribution < 1.29 is 9.90 Å². The van der Waals surface area contributed by atoms with Crippen LogP contribution < -0.4 is 0 Å². The summed E-state index contributed by atoms with van der Waals surface area (Å²) in [5.41, 5.74) is 0. The van der Waals surface area contributed by atoms with Crippen LogP contribution in [0.4, 0.5) is 0 Å². The van der Waals surface area contributed by atoms with Crippen molar-refractivity contribution in [1.82, 2.24) is 0 Å². The molecule has 1 N–H and O–H groups in total. The highest BCUT2D eigenvalue weighted by Gasteiger charge is 2.00. The lowest BCUT2D eigenvalue weighted by Crippen LogP contribution is -2.00. The van der Waals surface area contributed by atoms with Crippen LogP contribution >= 0.6 is 0 Å². The Hall–Kier alpha value is -0.790. The van der Waals surface area contributed by atoms with Gasteiger partial charge in [0, 0.05) is 0 Å². The minimum atomic E-state index is -0.766. The van der Waals surface area contributed by atoms with Gasteiger partial charge in [0.25, 0.3) is 0 Å². The molecule has 0 saturated heterocycles. The van der Waals surface area contributed by atoms with Gasteiger partial charge in [0.15, 0.2) is 0 Å². The van der Waals surface area contributed by atoms with E-state index in [1.165, 1.54) is 0 Å². The second-order valence-corrected chi connectivity index (χ2v) is 1.81. The van der Waals surface area contributed by atoms with Crippen LogP contribution in [-0.2, 0) is 4.79 Å². The number of carboxylic acids is 1. The lowest BCUT2D eigenvalue weighted by Gasteiger charge is -1.96. The Morgan fingerprint density at radius 2 is 2.50 bits per heavy atom. The van der Waals surface area contributed by atoms with Gasteiger partial charge in [0.1, 0.15) is 0 Å². The molecule has 0 bridgehead atoms. The molecule has 0 amide bonds. The summed E-state index contributed by atoms with van der Waals surface area (Å²) in [6.07, 6.45) is 1.82. The van der Waals surface area contributed by atoms with Crippen molar-refractivity contribution in [2.24, 2.45) is 5.92 Å². The van der Waals surface area contributed by atoms with E-state index in [1.807, 2.05) is 6.92 Å². The quantitative estimate of drug-likeness (QED) is 0.561. The largest absolute Gasteiger partial charge is 0.481 e. The highest BCUT2D eigenvalue weighted by Crippen LogP contribution is 2.00. The maximum absolute atomic E-state index is 9.92. The first kappa shape index (κ1) is 7.21. The lowest BCUT2D eigenvalue weighted by atomic mass is 10.1. The predicted molar refractivity (Wildman–Crippen MR) is 31.6 cm³/mol. The van der Waals surface area contributed by atoms with E-state index < -0.39 is 5.97 Å². The highest BCUT2D eigenvalue weighted by atomic mass is 16.4. The summed E-state index contributed by atoms with van der Waals surface area (Å²) in [7, 11) is 0. The summed E-state index contributed by atoms with van der Waals surface area (Å²) in [6, 6.07) is 0. The Morgan fingerprint density at radius 3 is 2.62 bits per heavy atom. The Kier molecular flexibility index (Phi) is 2.92. The molecule has 0 saturated carbocycles. The third-order valence-electron chi connectivity index (χ3n) is 0.899. The lowest BCUT2D eigenvalue weighted by molar-refractivity contribution is -0.137. The first-order chi connectivity index (χ1) is 3.66. The van der Waals surface area contributed by atoms with Gasteiger partial charge < -0.3 is 5.11 Å². The molecular weight excluding hydrogens is 104 g/mol. The maximum atomic E-state index is 9.92. The Labute approximate surface area is 48.8 Å². The second kappa shape index (κ2) is 3.24. The molecule has 2 nitrogen and oxygen atoms in total. The molecule has 0 fully saturated rings. The van der Waals surface area contributed by atoms with Gasteiger partial charge in [-0.25, -0.2) is 0 Å². The summed E-state index contributed by atoms with van der Waals surface area (Å²) in [5.74, 6) is -0.676. The Balaban J connectivity index is 3.38. The van der Waals surface area contributed by atoms with Crippen LogP contribution in [0, 0.1) is 5.92 Å². The third kappa shape index (κ3) is 3.40. The summed E-state index contributed by atoms with van der Waals surface area (Å²) < 4.78 is 0. The van der Waals surface area contributed by atoms with Gasteiger partial charge >= 0.3 is 5.97 Å². The van der Waals surface area contributed by atoms with Crippen LogP contribution in [0.25, 0.3) is 0 Å². The van der Waals surface area contributed by atoms with Crippen molar-refractivity contribution in [1.29, 1.82) is 0 Å². The zero-order valence-corrected chi connectivity index (χ0v) is 4.92. The number of hydrogen-bond donors (Lipinski definition) is 1. The fraction of sp³-hybridized carbons (Fsp3) is 0.500. The number of carbonyl (C=O) groups is 1. The molecule has 0 aliphatic rings. The minimum absolute atomic E-state index is 0.0903. The molecule has 8 heavy (non-hydrogen) atoms. The number of hydrogen-bond acceptors (Lipinski definition) is 1. The molecule has 2 heteroatoms. The fourth-order valence-corrected chi connectivity index (χ4v) is 0.359. The van der Waals surface area contributed by atoms with Gasteiger partial charge in [-0.1, -0.05) is 13.0 Å². The van der Waals surface area contributed by atoms with Gasteiger partial charge in [-0.05, 0) is 5.92 Å². The average Bonchev–Trinajstić information content (AvgIpc) is 1.65. The predicted octanol–water partition coefficient (Wildman–Crippen LogP) is 1.28. The molecule has 0 rings (SSSR count). The fourth-order valence-electron chi connectivity index (χ4n) is 0.359. The van der Waals surface area contributed by atoms with Crippen LogP contribution in [0.1, 0.15) is 13.3 Å². The average molecular weight is 114 g/mol. The van der Waals surface area contributed by atoms with Crippen molar-refractivity contribution in [3.8, 4) is 0 Å². The van der Waals surface area contributed by atoms with Gasteiger partial charge in [0.2, 0.25) is 0 Å². The normalized spacial score (nSPS) is 12.6. The first-order valence-electron chi connectivity index (χ1n) is 2.51. The van der Waals surface area contributed by atoms with E-state index >= 15 is 0 Å². The molecule has 0 aromatic heterocycles. The monoisotopic (exact) mass is 114 g/mol. The smallest absolute Gasteiger partial charge is 0.303 e. The Bertz CT molecular complexity index is 96.7. The molecular formula is C6H10O2. The molecule has 1 unspecified atom stereocenters. The van der Waals surface area contributed by atoms with Crippen molar-refractivity contribution in [3.63, 3.8) is 0 Å². The van der Waals surface area contributed by atoms with Gasteiger partial charge in [-0.15, -0.1) is 6.58 Å². The summed E-state index contributed by atoms with van der Waals surface area (Å²) in [4.78, 5) is 9.92. The van der Waals surface area contributed by atoms with Crippen LogP contribution in [0.2, 0.25) is 0 Å². The van der Waals surface area contributed by atoms with E-state index in [0.717, 1.165) is 0 Å². The number of aliphatic carboxylic acids is 1. The second-order valence-electron chi connectivity index (χ2n) is 1.81. The summed E-state index contributed by atoms with van der Waals surface area (Å²) in [6.45, 7) is 5.27. The van der Waals surface area contributed by atoms with E-state index in [1.54, 1.807) is 6.08 Å². The van der Waals surface area contributed by atoms with Crippen LogP contribution in [0.5, 0.6) is 0 Å². The van der Waals surface area contributed by atoms with E-state index in [9.17, 15) is 4.79 Å². The number of allylic oxidation sites excluding steroid dienone is 1. The zero-order valence-electron chi connectivity index (χ0n) is 4.92. The van der Waals surface area contributed by atoms with Crippen LogP contribution in [0.15, 0.2) is 12.7 Å². The molecule has 0 aliphatic heterocycles. The topological polar surface area (TPSA) is 37.3 Å². The van der Waals surface area contributed by atoms with Crippen molar-refractivity contribution >= 4 is 5.97 Å². The van der Waals surface area contributed by atoms with Gasteiger partial charge in [-0.3, -0.25) is 4.79 Å². The van der Waals surface area contributed by atoms with Crippen molar-refractivity contribution in [2.45, 2.75) is 13.3 Å². The molecule has 46 valence electrons.